The van der Waals surface area contributed by atoms with Gasteiger partial charge in [0.25, 0.3) is 6.43 Å². The first-order valence-corrected chi connectivity index (χ1v) is 12.3. The monoisotopic (exact) mass is 536 g/mol. The molecule has 0 saturated carbocycles. The third-order valence-corrected chi connectivity index (χ3v) is 6.19. The van der Waals surface area contributed by atoms with Crippen LogP contribution < -0.4 is 15.5 Å². The summed E-state index contributed by atoms with van der Waals surface area (Å²) in [5, 5.41) is 16.6. The molecule has 4 atom stereocenters. The molecule has 0 aliphatic carbocycles. The molecular formula is C26H32F4N6O2. The highest BCUT2D eigenvalue weighted by Gasteiger charge is 2.35. The predicted molar refractivity (Wildman–Crippen MR) is 136 cm³/mol. The summed E-state index contributed by atoms with van der Waals surface area (Å²) in [4.78, 5) is 15.0. The number of aryl methyl sites for hydroxylation is 1. The van der Waals surface area contributed by atoms with Crippen molar-refractivity contribution in [3.05, 3.63) is 53.2 Å². The van der Waals surface area contributed by atoms with E-state index in [0.717, 1.165) is 6.07 Å². The highest BCUT2D eigenvalue weighted by molar-refractivity contribution is 5.90. The Kier molecular flexibility index (Phi) is 8.05. The van der Waals surface area contributed by atoms with Crippen molar-refractivity contribution in [1.29, 1.82) is 0 Å². The van der Waals surface area contributed by atoms with Crippen LogP contribution >= 0.6 is 0 Å². The molecule has 2 aromatic heterocycles. The van der Waals surface area contributed by atoms with Crippen LogP contribution in [0.3, 0.4) is 0 Å². The molecule has 0 amide bonds. The number of nitrogens with zero attached hydrogens (tertiary/aromatic N) is 4. The third-order valence-electron chi connectivity index (χ3n) is 6.19. The number of rotatable bonds is 8. The van der Waals surface area contributed by atoms with Crippen LogP contribution in [0.15, 0.2) is 30.5 Å². The Hall–Kier alpha value is -3.09. The van der Waals surface area contributed by atoms with Crippen molar-refractivity contribution in [3.8, 4) is 0 Å². The summed E-state index contributed by atoms with van der Waals surface area (Å²) < 4.78 is 61.4. The van der Waals surface area contributed by atoms with Gasteiger partial charge < -0.3 is 20.1 Å². The van der Waals surface area contributed by atoms with Crippen LogP contribution in [-0.4, -0.2) is 57.4 Å². The van der Waals surface area contributed by atoms with E-state index < -0.39 is 48.1 Å². The number of aliphatic hydroxyl groups is 1. The lowest BCUT2D eigenvalue weighted by Crippen LogP contribution is -2.47. The van der Waals surface area contributed by atoms with Crippen molar-refractivity contribution in [2.75, 3.05) is 23.3 Å². The van der Waals surface area contributed by atoms with Gasteiger partial charge in [-0.05, 0) is 40.7 Å². The lowest BCUT2D eigenvalue weighted by Gasteiger charge is -2.27. The molecule has 1 unspecified atom stereocenters. The molecule has 3 N–H and O–H groups in total. The van der Waals surface area contributed by atoms with E-state index in [2.05, 4.69) is 25.6 Å². The van der Waals surface area contributed by atoms with E-state index in [-0.39, 0.29) is 18.7 Å². The summed E-state index contributed by atoms with van der Waals surface area (Å²) in [6.07, 6.45) is -4.01. The molecule has 38 heavy (non-hydrogen) atoms. The fraction of sp³-hybridized carbons (Fsp3) is 0.500. The number of ether oxygens (including phenoxy) is 1. The van der Waals surface area contributed by atoms with Crippen molar-refractivity contribution in [2.24, 2.45) is 0 Å². The number of hydrogen-bond acceptors (Lipinski definition) is 8. The van der Waals surface area contributed by atoms with E-state index in [1.807, 2.05) is 0 Å². The molecule has 1 aromatic carbocycles. The van der Waals surface area contributed by atoms with Crippen LogP contribution in [0.2, 0.25) is 0 Å². The topological polar surface area (TPSA) is 95.4 Å². The van der Waals surface area contributed by atoms with Gasteiger partial charge in [-0.1, -0.05) is 18.2 Å². The number of benzene rings is 1. The summed E-state index contributed by atoms with van der Waals surface area (Å²) in [6, 6.07) is 4.21. The van der Waals surface area contributed by atoms with Gasteiger partial charge in [0.15, 0.2) is 0 Å². The van der Waals surface area contributed by atoms with Crippen LogP contribution in [0, 0.1) is 12.7 Å². The maximum absolute atomic E-state index is 14.8. The summed E-state index contributed by atoms with van der Waals surface area (Å²) in [5.41, 5.74) is -0.690. The Morgan fingerprint density at radius 1 is 1.16 bits per heavy atom. The minimum Gasteiger partial charge on any atom is -0.363 e. The molecule has 206 valence electrons. The lowest BCUT2D eigenvalue weighted by atomic mass is 10.0. The first-order valence-electron chi connectivity index (χ1n) is 12.3. The quantitative estimate of drug-likeness (QED) is 0.280. The summed E-state index contributed by atoms with van der Waals surface area (Å²) in [7, 11) is 0. The first-order chi connectivity index (χ1) is 17.8. The van der Waals surface area contributed by atoms with Crippen LogP contribution in [-0.2, 0) is 4.74 Å². The molecule has 1 saturated heterocycles. The second-order valence-electron chi connectivity index (χ2n) is 10.4. The number of aliphatic hydroxyl groups excluding tert-OH is 1. The smallest absolute Gasteiger partial charge is 0.266 e. The molecule has 0 radical (unpaired) electrons. The molecule has 1 fully saturated rings. The average Bonchev–Trinajstić information content (AvgIpc) is 3.17. The Balaban J connectivity index is 1.58. The van der Waals surface area contributed by atoms with Crippen molar-refractivity contribution in [1.82, 2.24) is 20.3 Å². The minimum atomic E-state index is -2.93. The second kappa shape index (κ2) is 11.0. The van der Waals surface area contributed by atoms with Crippen molar-refractivity contribution >= 4 is 22.5 Å². The number of pyridine rings is 1. The molecule has 4 rings (SSSR count). The highest BCUT2D eigenvalue weighted by Crippen LogP contribution is 2.32. The molecule has 3 aromatic rings. The molecule has 3 heterocycles. The van der Waals surface area contributed by atoms with E-state index in [1.165, 1.54) is 12.1 Å². The van der Waals surface area contributed by atoms with E-state index in [4.69, 9.17) is 4.74 Å². The zero-order chi connectivity index (χ0) is 27.8. The SMILES string of the molecule is Cc1nc(N[C@H](C)c2cccc(C(F)F)c2F)c2cc(N3C[C@H](NC(O)OC(C)(C)C)[C@@H](F)C3)ncc2n1. The fourth-order valence-electron chi connectivity index (χ4n) is 4.43. The Bertz CT molecular complexity index is 1290. The van der Waals surface area contributed by atoms with E-state index in [9.17, 15) is 22.7 Å². The Morgan fingerprint density at radius 3 is 2.55 bits per heavy atom. The standard InChI is InChI=1S/C26H32F4N6O2/c1-13(15-7-6-8-16(22(15)28)23(29)30)32-24-17-9-21(31-10-19(17)33-14(2)34-24)36-11-18(27)20(12-36)35-25(37)38-26(3,4)5/h6-10,13,18,20,23,25,35,37H,11-12H2,1-5H3,(H,32,33,34)/t13-,18+,20+,25?/m1/s1. The van der Waals surface area contributed by atoms with E-state index >= 15 is 0 Å². The third kappa shape index (κ3) is 6.30. The number of aromatic nitrogens is 3. The zero-order valence-corrected chi connectivity index (χ0v) is 21.8. The largest absolute Gasteiger partial charge is 0.363 e. The lowest BCUT2D eigenvalue weighted by molar-refractivity contribution is -0.186. The van der Waals surface area contributed by atoms with Gasteiger partial charge in [-0.15, -0.1) is 0 Å². The van der Waals surface area contributed by atoms with Gasteiger partial charge in [0.1, 0.15) is 29.4 Å². The molecule has 0 bridgehead atoms. The van der Waals surface area contributed by atoms with Crippen LogP contribution in [0.1, 0.15) is 57.1 Å². The summed E-state index contributed by atoms with van der Waals surface area (Å²) in [6.45, 7) is 8.95. The minimum absolute atomic E-state index is 0.0376. The molecular weight excluding hydrogens is 504 g/mol. The molecule has 8 nitrogen and oxygen atoms in total. The molecule has 12 heteroatoms. The van der Waals surface area contributed by atoms with Crippen LogP contribution in [0.5, 0.6) is 0 Å². The fourth-order valence-corrected chi connectivity index (χ4v) is 4.43. The summed E-state index contributed by atoms with van der Waals surface area (Å²) >= 11 is 0. The molecule has 0 spiro atoms. The number of halogens is 4. The van der Waals surface area contributed by atoms with Gasteiger partial charge in [-0.3, -0.25) is 5.32 Å². The highest BCUT2D eigenvalue weighted by atomic mass is 19.3. The Labute approximate surface area is 218 Å². The van der Waals surface area contributed by atoms with Gasteiger partial charge in [-0.2, -0.15) is 0 Å². The van der Waals surface area contributed by atoms with Gasteiger partial charge in [0.2, 0.25) is 6.41 Å². The number of hydrogen-bond donors (Lipinski definition) is 3. The van der Waals surface area contributed by atoms with Gasteiger partial charge in [0, 0.05) is 17.5 Å². The van der Waals surface area contributed by atoms with Crippen LogP contribution in [0.25, 0.3) is 10.9 Å². The second-order valence-corrected chi connectivity index (χ2v) is 10.4. The average molecular weight is 537 g/mol. The van der Waals surface area contributed by atoms with Gasteiger partial charge in [0.05, 0.1) is 41.5 Å². The number of fused-ring (bicyclic) bond motifs is 1. The van der Waals surface area contributed by atoms with Crippen molar-refractivity contribution in [3.63, 3.8) is 0 Å². The van der Waals surface area contributed by atoms with Gasteiger partial charge >= 0.3 is 0 Å². The number of alkyl halides is 3. The summed E-state index contributed by atoms with van der Waals surface area (Å²) in [5.74, 6) is 0.294. The van der Waals surface area contributed by atoms with E-state index in [1.54, 1.807) is 51.8 Å². The Morgan fingerprint density at radius 2 is 1.87 bits per heavy atom. The maximum Gasteiger partial charge on any atom is 0.266 e. The van der Waals surface area contributed by atoms with Crippen molar-refractivity contribution in [2.45, 2.75) is 71.3 Å². The normalized spacial score (nSPS) is 19.8. The number of nitrogens with one attached hydrogen (secondary N) is 2. The van der Waals surface area contributed by atoms with Crippen molar-refractivity contribution < 1.29 is 27.4 Å². The van der Waals surface area contributed by atoms with Gasteiger partial charge in [-0.25, -0.2) is 32.5 Å². The zero-order valence-electron chi connectivity index (χ0n) is 21.8. The maximum atomic E-state index is 14.8. The van der Waals surface area contributed by atoms with E-state index in [0.29, 0.717) is 28.4 Å². The predicted octanol–water partition coefficient (Wildman–Crippen LogP) is 4.79. The van der Waals surface area contributed by atoms with Crippen LogP contribution in [0.4, 0.5) is 29.2 Å². The molecule has 1 aliphatic rings. The molecule has 1 aliphatic heterocycles. The first kappa shape index (κ1) is 27.9. The number of anilines is 2.